The predicted octanol–water partition coefficient (Wildman–Crippen LogP) is 6.07. The van der Waals surface area contributed by atoms with E-state index in [1.54, 1.807) is 12.1 Å². The quantitative estimate of drug-likeness (QED) is 0.257. The van der Waals surface area contributed by atoms with Gasteiger partial charge in [-0.3, -0.25) is 14.7 Å². The molecule has 1 amide bonds. The summed E-state index contributed by atoms with van der Waals surface area (Å²) in [6, 6.07) is 20.6. The van der Waals surface area contributed by atoms with Gasteiger partial charge in [0.15, 0.2) is 6.04 Å². The van der Waals surface area contributed by atoms with Crippen molar-refractivity contribution in [1.29, 1.82) is 0 Å². The maximum absolute atomic E-state index is 13.5. The number of halogens is 2. The molecule has 190 valence electrons. The lowest BCUT2D eigenvalue weighted by atomic mass is 9.99. The van der Waals surface area contributed by atoms with Crippen LogP contribution in [0, 0.1) is 0 Å². The molecule has 4 rings (SSSR count). The van der Waals surface area contributed by atoms with Crippen molar-refractivity contribution in [3.63, 3.8) is 0 Å². The highest BCUT2D eigenvalue weighted by atomic mass is 35.5. The minimum absolute atomic E-state index is 0.129. The smallest absolute Gasteiger partial charge is 0.332 e. The molecule has 2 atom stereocenters. The number of nitrogens with zero attached hydrogens (tertiary/aromatic N) is 2. The molecular weight excluding hydrogens is 509 g/mol. The van der Waals surface area contributed by atoms with Gasteiger partial charge in [-0.05, 0) is 43.1 Å². The number of likely N-dealkylation sites (tertiary alicyclic amines) is 1. The molecule has 0 unspecified atom stereocenters. The minimum Gasteiger partial charge on any atom is -0.479 e. The van der Waals surface area contributed by atoms with E-state index in [0.717, 1.165) is 30.5 Å². The zero-order chi connectivity index (χ0) is 26.4. The van der Waals surface area contributed by atoms with Crippen LogP contribution in [0.5, 0.6) is 0 Å². The second-order valence-electron chi connectivity index (χ2n) is 8.77. The molecule has 1 fully saturated rings. The molecule has 8 heteroatoms. The van der Waals surface area contributed by atoms with Crippen molar-refractivity contribution in [2.75, 3.05) is 11.9 Å². The number of benzene rings is 3. The first kappa shape index (κ1) is 26.6. The fourth-order valence-corrected chi connectivity index (χ4v) is 4.76. The van der Waals surface area contributed by atoms with Crippen LogP contribution in [0.3, 0.4) is 0 Å². The summed E-state index contributed by atoms with van der Waals surface area (Å²) in [4.78, 5) is 31.8. The number of anilines is 1. The normalized spacial score (nSPS) is 16.8. The molecule has 3 aromatic carbocycles. The van der Waals surface area contributed by atoms with Crippen LogP contribution in [-0.2, 0) is 16.1 Å². The lowest BCUT2D eigenvalue weighted by molar-refractivity contribution is -0.137. The van der Waals surface area contributed by atoms with E-state index in [4.69, 9.17) is 23.2 Å². The summed E-state index contributed by atoms with van der Waals surface area (Å²) in [7, 11) is 0. The van der Waals surface area contributed by atoms with Crippen molar-refractivity contribution in [2.45, 2.75) is 31.5 Å². The first-order valence-electron chi connectivity index (χ1n) is 11.9. The fourth-order valence-electron chi connectivity index (χ4n) is 4.44. The molecule has 0 aromatic heterocycles. The number of para-hydroxylation sites is 1. The lowest BCUT2D eigenvalue weighted by Gasteiger charge is -2.24. The predicted molar refractivity (Wildman–Crippen MR) is 149 cm³/mol. The van der Waals surface area contributed by atoms with Gasteiger partial charge in [0.05, 0.1) is 27.5 Å². The monoisotopic (exact) mass is 535 g/mol. The maximum atomic E-state index is 13.5. The molecule has 0 aliphatic carbocycles. The number of rotatable bonds is 9. The molecule has 6 nitrogen and oxygen atoms in total. The number of hydrogen-bond acceptors (Lipinski definition) is 4. The summed E-state index contributed by atoms with van der Waals surface area (Å²) in [6.45, 7) is 4.98. The number of hydrogen-bond donors (Lipinski definition) is 2. The molecule has 0 bridgehead atoms. The Morgan fingerprint density at radius 3 is 2.51 bits per heavy atom. The van der Waals surface area contributed by atoms with E-state index in [1.807, 2.05) is 60.7 Å². The van der Waals surface area contributed by atoms with Crippen LogP contribution in [0.1, 0.15) is 29.5 Å². The van der Waals surface area contributed by atoms with Crippen molar-refractivity contribution < 1.29 is 14.7 Å². The molecule has 1 saturated heterocycles. The number of aliphatic carboxylic acids is 1. The Hall–Kier alpha value is -3.45. The van der Waals surface area contributed by atoms with E-state index in [0.29, 0.717) is 33.6 Å². The summed E-state index contributed by atoms with van der Waals surface area (Å²) in [6.07, 6.45) is 2.91. The van der Waals surface area contributed by atoms with Gasteiger partial charge in [0.1, 0.15) is 0 Å². The third kappa shape index (κ3) is 6.46. The number of amides is 1. The maximum Gasteiger partial charge on any atom is 0.332 e. The molecule has 0 radical (unpaired) electrons. The third-order valence-electron chi connectivity index (χ3n) is 6.27. The summed E-state index contributed by atoms with van der Waals surface area (Å²) in [5.41, 5.74) is 3.37. The highest BCUT2D eigenvalue weighted by Gasteiger charge is 2.31. The first-order chi connectivity index (χ1) is 17.9. The number of aliphatic imine (C=N–C) groups is 1. The van der Waals surface area contributed by atoms with Crippen LogP contribution in [0.4, 0.5) is 5.69 Å². The highest BCUT2D eigenvalue weighted by molar-refractivity contribution is 6.42. The van der Waals surface area contributed by atoms with E-state index in [2.05, 4.69) is 21.8 Å². The highest BCUT2D eigenvalue weighted by Crippen LogP contribution is 2.27. The molecule has 1 aliphatic heterocycles. The van der Waals surface area contributed by atoms with Crippen molar-refractivity contribution in [2.24, 2.45) is 4.99 Å². The van der Waals surface area contributed by atoms with Gasteiger partial charge in [-0.15, -0.1) is 6.58 Å². The van der Waals surface area contributed by atoms with Crippen LogP contribution in [0.2, 0.25) is 10.0 Å². The molecule has 37 heavy (non-hydrogen) atoms. The first-order valence-corrected chi connectivity index (χ1v) is 12.7. The Kier molecular flexibility index (Phi) is 8.77. The van der Waals surface area contributed by atoms with Crippen LogP contribution in [-0.4, -0.2) is 46.2 Å². The van der Waals surface area contributed by atoms with Gasteiger partial charge in [-0.1, -0.05) is 83.9 Å². The average molecular weight is 536 g/mol. The van der Waals surface area contributed by atoms with Crippen LogP contribution in [0.25, 0.3) is 0 Å². The fraction of sp³-hybridized carbons (Fsp3) is 0.207. The Bertz CT molecular complexity index is 1330. The Morgan fingerprint density at radius 1 is 1.08 bits per heavy atom. The SMILES string of the molecule is C=C[C@H](N=C(c1ccccc1)c1ccccc1NC(=O)[C@@H]1CCCN1Cc1ccc(Cl)c(Cl)c1)C(=O)O. The molecule has 2 N–H and O–H groups in total. The number of nitrogens with one attached hydrogen (secondary N) is 1. The standard InChI is InChI=1S/C29H27Cl2N3O3/c1-2-24(29(36)37)32-27(20-9-4-3-5-10-20)21-11-6-7-12-25(21)33-28(35)26-13-8-16-34(26)18-19-14-15-22(30)23(31)17-19/h2-7,9-12,14-15,17,24,26H,1,8,13,16,18H2,(H,33,35)(H,36,37)/t24-,26-/m0/s1. The summed E-state index contributed by atoms with van der Waals surface area (Å²) < 4.78 is 0. The molecule has 1 heterocycles. The average Bonchev–Trinajstić information content (AvgIpc) is 3.36. The minimum atomic E-state index is -1.13. The number of carboxylic acid groups (broad SMARTS) is 1. The van der Waals surface area contributed by atoms with Crippen molar-refractivity contribution in [3.05, 3.63) is 112 Å². The van der Waals surface area contributed by atoms with Crippen LogP contribution in [0.15, 0.2) is 90.4 Å². The second kappa shape index (κ2) is 12.2. The molecule has 1 aliphatic rings. The zero-order valence-corrected chi connectivity index (χ0v) is 21.6. The van der Waals surface area contributed by atoms with Gasteiger partial charge < -0.3 is 10.4 Å². The third-order valence-corrected chi connectivity index (χ3v) is 7.01. The number of carboxylic acids is 1. The molecule has 0 spiro atoms. The van der Waals surface area contributed by atoms with E-state index in [1.165, 1.54) is 6.08 Å². The van der Waals surface area contributed by atoms with E-state index in [9.17, 15) is 14.7 Å². The second-order valence-corrected chi connectivity index (χ2v) is 9.59. The van der Waals surface area contributed by atoms with Gasteiger partial charge in [0, 0.05) is 17.7 Å². The summed E-state index contributed by atoms with van der Waals surface area (Å²) in [5, 5.41) is 13.6. The Morgan fingerprint density at radius 2 is 1.81 bits per heavy atom. The van der Waals surface area contributed by atoms with E-state index >= 15 is 0 Å². The lowest BCUT2D eigenvalue weighted by Crippen LogP contribution is -2.39. The van der Waals surface area contributed by atoms with Gasteiger partial charge >= 0.3 is 5.97 Å². The summed E-state index contributed by atoms with van der Waals surface area (Å²) >= 11 is 12.2. The van der Waals surface area contributed by atoms with Gasteiger partial charge in [0.25, 0.3) is 0 Å². The largest absolute Gasteiger partial charge is 0.479 e. The van der Waals surface area contributed by atoms with Crippen molar-refractivity contribution in [3.8, 4) is 0 Å². The Labute approximate surface area is 226 Å². The van der Waals surface area contributed by atoms with Crippen molar-refractivity contribution in [1.82, 2.24) is 4.90 Å². The molecule has 0 saturated carbocycles. The van der Waals surface area contributed by atoms with E-state index < -0.39 is 12.0 Å². The van der Waals surface area contributed by atoms with E-state index in [-0.39, 0.29) is 11.9 Å². The topological polar surface area (TPSA) is 82.0 Å². The Balaban J connectivity index is 1.62. The van der Waals surface area contributed by atoms with Crippen LogP contribution >= 0.6 is 23.2 Å². The summed E-state index contributed by atoms with van der Waals surface area (Å²) in [5.74, 6) is -1.23. The van der Waals surface area contributed by atoms with Gasteiger partial charge in [-0.25, -0.2) is 4.79 Å². The number of carbonyl (C=O) groups excluding carboxylic acids is 1. The number of carbonyl (C=O) groups is 2. The van der Waals surface area contributed by atoms with Crippen molar-refractivity contribution >= 4 is 46.5 Å². The van der Waals surface area contributed by atoms with Crippen LogP contribution < -0.4 is 5.32 Å². The van der Waals surface area contributed by atoms with Gasteiger partial charge in [0.2, 0.25) is 5.91 Å². The molecular formula is C29H27Cl2N3O3. The van der Waals surface area contributed by atoms with Gasteiger partial charge in [-0.2, -0.15) is 0 Å². The molecule has 3 aromatic rings. The zero-order valence-electron chi connectivity index (χ0n) is 20.1.